The molecule has 0 heterocycles. The van der Waals surface area contributed by atoms with Crippen LogP contribution in [0.4, 0.5) is 0 Å². The Bertz CT molecular complexity index is 938. The van der Waals surface area contributed by atoms with E-state index in [4.69, 9.17) is 9.47 Å². The van der Waals surface area contributed by atoms with Gasteiger partial charge in [-0.3, -0.25) is 4.79 Å². The summed E-state index contributed by atoms with van der Waals surface area (Å²) in [4.78, 5) is 12.6. The van der Waals surface area contributed by atoms with Crippen LogP contribution >= 0.6 is 0 Å². The van der Waals surface area contributed by atoms with E-state index in [-0.39, 0.29) is 11.9 Å². The van der Waals surface area contributed by atoms with Crippen molar-refractivity contribution < 1.29 is 14.3 Å². The number of hydrogen-bond donors (Lipinski definition) is 1. The van der Waals surface area contributed by atoms with Gasteiger partial charge in [-0.05, 0) is 54.8 Å². The van der Waals surface area contributed by atoms with Crippen molar-refractivity contribution in [1.29, 1.82) is 0 Å². The third kappa shape index (κ3) is 5.03. The second kappa shape index (κ2) is 9.27. The van der Waals surface area contributed by atoms with Crippen molar-refractivity contribution >= 4 is 16.7 Å². The largest absolute Gasteiger partial charge is 0.491 e. The van der Waals surface area contributed by atoms with E-state index in [1.54, 1.807) is 0 Å². The van der Waals surface area contributed by atoms with E-state index in [1.807, 2.05) is 81.4 Å². The fraction of sp³-hybridized carbons (Fsp3) is 0.292. The van der Waals surface area contributed by atoms with Crippen LogP contribution in [0.1, 0.15) is 25.8 Å². The van der Waals surface area contributed by atoms with Crippen molar-refractivity contribution in [2.45, 2.75) is 39.3 Å². The van der Waals surface area contributed by atoms with Gasteiger partial charge in [0.25, 0.3) is 5.91 Å². The van der Waals surface area contributed by atoms with Gasteiger partial charge >= 0.3 is 0 Å². The first-order chi connectivity index (χ1) is 13.6. The van der Waals surface area contributed by atoms with Gasteiger partial charge in [-0.1, -0.05) is 55.5 Å². The summed E-state index contributed by atoms with van der Waals surface area (Å²) in [6.07, 6.45) is 0.0476. The maximum Gasteiger partial charge on any atom is 0.261 e. The van der Waals surface area contributed by atoms with Gasteiger partial charge in [0.15, 0.2) is 6.10 Å². The topological polar surface area (TPSA) is 47.6 Å². The highest BCUT2D eigenvalue weighted by atomic mass is 16.5. The zero-order valence-corrected chi connectivity index (χ0v) is 16.6. The molecule has 1 amide bonds. The molecule has 0 aliphatic carbocycles. The van der Waals surface area contributed by atoms with Crippen LogP contribution < -0.4 is 14.8 Å². The number of carbonyl (C=O) groups excluding carboxylic acids is 1. The molecule has 0 unspecified atom stereocenters. The molecular formula is C24H27NO3. The monoisotopic (exact) mass is 377 g/mol. The highest BCUT2D eigenvalue weighted by Crippen LogP contribution is 2.22. The highest BCUT2D eigenvalue weighted by Gasteiger charge is 2.20. The molecule has 3 aromatic carbocycles. The van der Waals surface area contributed by atoms with Crippen LogP contribution in [-0.2, 0) is 4.79 Å². The number of benzene rings is 3. The van der Waals surface area contributed by atoms with Crippen LogP contribution in [0.5, 0.6) is 11.5 Å². The highest BCUT2D eigenvalue weighted by molar-refractivity contribution is 5.84. The van der Waals surface area contributed by atoms with Gasteiger partial charge in [0.05, 0.1) is 6.04 Å². The van der Waals surface area contributed by atoms with E-state index >= 15 is 0 Å². The second-order valence-corrected chi connectivity index (χ2v) is 7.01. The Morgan fingerprint density at radius 1 is 1.00 bits per heavy atom. The minimum absolute atomic E-state index is 0.124. The first kappa shape index (κ1) is 19.7. The Kier molecular flexibility index (Phi) is 6.53. The molecule has 0 aliphatic heterocycles. The number of fused-ring (bicyclic) bond motifs is 1. The van der Waals surface area contributed by atoms with E-state index in [0.29, 0.717) is 18.8 Å². The maximum atomic E-state index is 12.6. The minimum atomic E-state index is -0.540. The van der Waals surface area contributed by atoms with Gasteiger partial charge in [0.2, 0.25) is 0 Å². The number of ether oxygens (including phenoxy) is 2. The summed E-state index contributed by atoms with van der Waals surface area (Å²) in [7, 11) is 0. The van der Waals surface area contributed by atoms with Crippen LogP contribution in [0.3, 0.4) is 0 Å². The zero-order valence-electron chi connectivity index (χ0n) is 16.6. The standard InChI is InChI=1S/C24H27NO3/c1-4-22(28-21-14-13-19-10-6-7-11-20(19)15-21)24(26)25-18(3)16-27-23-12-8-5-9-17(23)2/h5-15,18,22H,4,16H2,1-3H3,(H,25,26)/t18-,22-/m1/s1. The third-order valence-corrected chi connectivity index (χ3v) is 4.63. The molecule has 0 saturated heterocycles. The summed E-state index contributed by atoms with van der Waals surface area (Å²) in [5.41, 5.74) is 1.08. The summed E-state index contributed by atoms with van der Waals surface area (Å²) in [5, 5.41) is 5.23. The Hall–Kier alpha value is -3.01. The molecule has 0 aromatic heterocycles. The number of rotatable bonds is 8. The first-order valence-electron chi connectivity index (χ1n) is 9.71. The summed E-state index contributed by atoms with van der Waals surface area (Å²) in [6.45, 7) is 6.28. The molecule has 0 bridgehead atoms. The predicted octanol–water partition coefficient (Wildman–Crippen LogP) is 4.89. The number of carbonyl (C=O) groups is 1. The maximum absolute atomic E-state index is 12.6. The molecule has 1 N–H and O–H groups in total. The van der Waals surface area contributed by atoms with Crippen molar-refractivity contribution in [2.75, 3.05) is 6.61 Å². The molecule has 2 atom stereocenters. The Morgan fingerprint density at radius 2 is 1.71 bits per heavy atom. The summed E-state index contributed by atoms with van der Waals surface area (Å²) in [5.74, 6) is 1.41. The quantitative estimate of drug-likeness (QED) is 0.608. The molecule has 4 nitrogen and oxygen atoms in total. The van der Waals surface area contributed by atoms with Crippen molar-refractivity contribution in [1.82, 2.24) is 5.32 Å². The lowest BCUT2D eigenvalue weighted by Gasteiger charge is -2.21. The Balaban J connectivity index is 1.57. The van der Waals surface area contributed by atoms with E-state index in [2.05, 4.69) is 11.4 Å². The van der Waals surface area contributed by atoms with Crippen molar-refractivity contribution in [3.8, 4) is 11.5 Å². The van der Waals surface area contributed by atoms with E-state index in [0.717, 1.165) is 22.1 Å². The Labute approximate surface area is 166 Å². The smallest absolute Gasteiger partial charge is 0.261 e. The van der Waals surface area contributed by atoms with Crippen LogP contribution in [0, 0.1) is 6.92 Å². The lowest BCUT2D eigenvalue weighted by molar-refractivity contribution is -0.128. The molecule has 0 radical (unpaired) electrons. The van der Waals surface area contributed by atoms with Crippen molar-refractivity contribution in [2.24, 2.45) is 0 Å². The van der Waals surface area contributed by atoms with Crippen LogP contribution in [0.25, 0.3) is 10.8 Å². The van der Waals surface area contributed by atoms with Gasteiger partial charge < -0.3 is 14.8 Å². The van der Waals surface area contributed by atoms with Gasteiger partial charge in [-0.25, -0.2) is 0 Å². The lowest BCUT2D eigenvalue weighted by atomic mass is 10.1. The SMILES string of the molecule is CC[C@@H](Oc1ccc2ccccc2c1)C(=O)N[C@H](C)COc1ccccc1C. The van der Waals surface area contributed by atoms with Gasteiger partial charge in [-0.2, -0.15) is 0 Å². The van der Waals surface area contributed by atoms with Gasteiger partial charge in [-0.15, -0.1) is 0 Å². The number of nitrogens with one attached hydrogen (secondary N) is 1. The minimum Gasteiger partial charge on any atom is -0.491 e. The molecule has 146 valence electrons. The number of amides is 1. The number of aryl methyl sites for hydroxylation is 1. The molecule has 3 rings (SSSR count). The Morgan fingerprint density at radius 3 is 2.46 bits per heavy atom. The fourth-order valence-corrected chi connectivity index (χ4v) is 3.04. The summed E-state index contributed by atoms with van der Waals surface area (Å²) < 4.78 is 11.8. The molecule has 4 heteroatoms. The molecule has 0 aliphatic rings. The van der Waals surface area contributed by atoms with Gasteiger partial charge in [0, 0.05) is 0 Å². The molecule has 0 spiro atoms. The van der Waals surface area contributed by atoms with E-state index in [1.165, 1.54) is 0 Å². The van der Waals surface area contributed by atoms with Gasteiger partial charge in [0.1, 0.15) is 18.1 Å². The molecule has 3 aromatic rings. The molecule has 0 fully saturated rings. The van der Waals surface area contributed by atoms with Crippen LogP contribution in [0.2, 0.25) is 0 Å². The third-order valence-electron chi connectivity index (χ3n) is 4.63. The fourth-order valence-electron chi connectivity index (χ4n) is 3.04. The van der Waals surface area contributed by atoms with E-state index < -0.39 is 6.10 Å². The predicted molar refractivity (Wildman–Crippen MR) is 113 cm³/mol. The molecular weight excluding hydrogens is 350 g/mol. The summed E-state index contributed by atoms with van der Waals surface area (Å²) in [6, 6.07) is 21.7. The van der Waals surface area contributed by atoms with Crippen molar-refractivity contribution in [3.63, 3.8) is 0 Å². The average Bonchev–Trinajstić information content (AvgIpc) is 2.71. The van der Waals surface area contributed by atoms with E-state index in [9.17, 15) is 4.79 Å². The number of hydrogen-bond acceptors (Lipinski definition) is 3. The lowest BCUT2D eigenvalue weighted by Crippen LogP contribution is -2.44. The van der Waals surface area contributed by atoms with Crippen LogP contribution in [0.15, 0.2) is 66.7 Å². The molecule has 28 heavy (non-hydrogen) atoms. The molecule has 0 saturated carbocycles. The normalized spacial score (nSPS) is 13.0. The zero-order chi connectivity index (χ0) is 19.9. The second-order valence-electron chi connectivity index (χ2n) is 7.01. The number of para-hydroxylation sites is 1. The summed E-state index contributed by atoms with van der Waals surface area (Å²) >= 11 is 0. The average molecular weight is 377 g/mol. The van der Waals surface area contributed by atoms with Crippen LogP contribution in [-0.4, -0.2) is 24.7 Å². The first-order valence-corrected chi connectivity index (χ1v) is 9.71. The van der Waals surface area contributed by atoms with Crippen molar-refractivity contribution in [3.05, 3.63) is 72.3 Å².